The Bertz CT molecular complexity index is 624. The van der Waals surface area contributed by atoms with Crippen LogP contribution in [0.1, 0.15) is 26.7 Å². The lowest BCUT2D eigenvalue weighted by Crippen LogP contribution is -2.45. The fourth-order valence-electron chi connectivity index (χ4n) is 2.47. The van der Waals surface area contributed by atoms with Crippen LogP contribution >= 0.6 is 31.9 Å². The van der Waals surface area contributed by atoms with Crippen molar-refractivity contribution in [1.29, 1.82) is 0 Å². The van der Waals surface area contributed by atoms with E-state index in [4.69, 9.17) is 10.5 Å². The van der Waals surface area contributed by atoms with Gasteiger partial charge in [-0.3, -0.25) is 0 Å². The molecular formula is C13H18Br2N2O3S. The molecule has 2 rings (SSSR count). The SMILES string of the molecule is CC1(C)CC(NS(=O)(=O)c2c(N)cc(Br)cc2Br)CCO1. The first-order chi connectivity index (χ1) is 9.61. The zero-order chi connectivity index (χ0) is 15.8. The molecule has 1 aliphatic heterocycles. The molecule has 0 spiro atoms. The van der Waals surface area contributed by atoms with Crippen molar-refractivity contribution >= 4 is 47.6 Å². The van der Waals surface area contributed by atoms with Gasteiger partial charge >= 0.3 is 0 Å². The molecule has 0 radical (unpaired) electrons. The number of nitrogens with one attached hydrogen (secondary N) is 1. The number of benzene rings is 1. The van der Waals surface area contributed by atoms with Crippen LogP contribution in [0.15, 0.2) is 26.0 Å². The van der Waals surface area contributed by atoms with Gasteiger partial charge in [-0.15, -0.1) is 0 Å². The lowest BCUT2D eigenvalue weighted by atomic mass is 9.95. The number of rotatable bonds is 3. The molecule has 21 heavy (non-hydrogen) atoms. The minimum atomic E-state index is -3.69. The van der Waals surface area contributed by atoms with Crippen LogP contribution in [-0.2, 0) is 14.8 Å². The number of anilines is 1. The number of hydrogen-bond donors (Lipinski definition) is 2. The first-order valence-electron chi connectivity index (χ1n) is 6.51. The van der Waals surface area contributed by atoms with E-state index in [1.807, 2.05) is 13.8 Å². The highest BCUT2D eigenvalue weighted by atomic mass is 79.9. The summed E-state index contributed by atoms with van der Waals surface area (Å²) in [6.07, 6.45) is 1.27. The maximum absolute atomic E-state index is 12.6. The molecule has 1 fully saturated rings. The fourth-order valence-corrected chi connectivity index (χ4v) is 5.81. The van der Waals surface area contributed by atoms with Gasteiger partial charge in [0, 0.05) is 21.6 Å². The first-order valence-corrected chi connectivity index (χ1v) is 9.58. The van der Waals surface area contributed by atoms with Gasteiger partial charge in [-0.1, -0.05) is 15.9 Å². The minimum absolute atomic E-state index is 0.0787. The Morgan fingerprint density at radius 1 is 1.38 bits per heavy atom. The number of nitrogens with two attached hydrogens (primary N) is 1. The van der Waals surface area contributed by atoms with Gasteiger partial charge in [-0.25, -0.2) is 13.1 Å². The van der Waals surface area contributed by atoms with E-state index in [2.05, 4.69) is 36.6 Å². The largest absolute Gasteiger partial charge is 0.398 e. The molecule has 1 unspecified atom stereocenters. The third-order valence-electron chi connectivity index (χ3n) is 3.32. The molecule has 8 heteroatoms. The Labute approximate surface area is 141 Å². The zero-order valence-corrected chi connectivity index (χ0v) is 15.8. The number of nitrogen functional groups attached to an aromatic ring is 1. The molecule has 0 aromatic heterocycles. The predicted octanol–water partition coefficient (Wildman–Crippen LogP) is 3.03. The molecule has 0 bridgehead atoms. The monoisotopic (exact) mass is 440 g/mol. The normalized spacial score (nSPS) is 22.2. The summed E-state index contributed by atoms with van der Waals surface area (Å²) in [6, 6.07) is 3.08. The summed E-state index contributed by atoms with van der Waals surface area (Å²) in [5.41, 5.74) is 5.74. The van der Waals surface area contributed by atoms with E-state index in [1.165, 1.54) is 0 Å². The molecule has 1 aromatic carbocycles. The van der Waals surface area contributed by atoms with Crippen LogP contribution in [0.4, 0.5) is 5.69 Å². The van der Waals surface area contributed by atoms with E-state index < -0.39 is 10.0 Å². The van der Waals surface area contributed by atoms with Gasteiger partial charge in [0.15, 0.2) is 0 Å². The second-order valence-corrected chi connectivity index (χ2v) is 9.15. The van der Waals surface area contributed by atoms with Crippen LogP contribution in [0.2, 0.25) is 0 Å². The van der Waals surface area contributed by atoms with Gasteiger partial charge < -0.3 is 10.5 Å². The van der Waals surface area contributed by atoms with Gasteiger partial charge in [0.25, 0.3) is 0 Å². The Hall–Kier alpha value is -0.150. The quantitative estimate of drug-likeness (QED) is 0.706. The van der Waals surface area contributed by atoms with E-state index in [1.54, 1.807) is 12.1 Å². The Morgan fingerprint density at radius 3 is 2.62 bits per heavy atom. The van der Waals surface area contributed by atoms with Crippen LogP contribution in [0.25, 0.3) is 0 Å². The molecule has 1 aliphatic rings. The highest BCUT2D eigenvalue weighted by molar-refractivity contribution is 9.11. The van der Waals surface area contributed by atoms with E-state index in [0.29, 0.717) is 23.9 Å². The maximum Gasteiger partial charge on any atom is 0.244 e. The van der Waals surface area contributed by atoms with Crippen molar-refractivity contribution in [3.05, 3.63) is 21.1 Å². The Morgan fingerprint density at radius 2 is 2.05 bits per heavy atom. The third-order valence-corrected chi connectivity index (χ3v) is 6.31. The molecule has 1 saturated heterocycles. The summed E-state index contributed by atoms with van der Waals surface area (Å²) < 4.78 is 34.7. The number of sulfonamides is 1. The minimum Gasteiger partial charge on any atom is -0.398 e. The average Bonchev–Trinajstić information content (AvgIpc) is 2.23. The summed E-state index contributed by atoms with van der Waals surface area (Å²) in [6.45, 7) is 4.45. The molecule has 3 N–H and O–H groups in total. The van der Waals surface area contributed by atoms with Gasteiger partial charge in [0.2, 0.25) is 10.0 Å². The van der Waals surface area contributed by atoms with Crippen molar-refractivity contribution in [3.8, 4) is 0 Å². The smallest absolute Gasteiger partial charge is 0.244 e. The number of ether oxygens (including phenoxy) is 1. The second-order valence-electron chi connectivity index (χ2n) is 5.73. The van der Waals surface area contributed by atoms with Crippen LogP contribution < -0.4 is 10.5 Å². The van der Waals surface area contributed by atoms with Crippen LogP contribution in [0.3, 0.4) is 0 Å². The van der Waals surface area contributed by atoms with Crippen LogP contribution in [0.5, 0.6) is 0 Å². The average molecular weight is 442 g/mol. The summed E-state index contributed by atoms with van der Waals surface area (Å²) in [5.74, 6) is 0. The molecule has 1 atom stereocenters. The molecule has 0 amide bonds. The van der Waals surface area contributed by atoms with Crippen LogP contribution in [-0.4, -0.2) is 26.7 Å². The topological polar surface area (TPSA) is 81.4 Å². The van der Waals surface area contributed by atoms with Gasteiger partial charge in [-0.2, -0.15) is 0 Å². The van der Waals surface area contributed by atoms with E-state index in [0.717, 1.165) is 4.47 Å². The lowest BCUT2D eigenvalue weighted by molar-refractivity contribution is -0.0599. The third kappa shape index (κ3) is 4.19. The highest BCUT2D eigenvalue weighted by Gasteiger charge is 2.32. The molecule has 1 heterocycles. The molecule has 0 aliphatic carbocycles. The van der Waals surface area contributed by atoms with Crippen molar-refractivity contribution in [2.75, 3.05) is 12.3 Å². The van der Waals surface area contributed by atoms with Crippen molar-refractivity contribution in [3.63, 3.8) is 0 Å². The van der Waals surface area contributed by atoms with E-state index in [-0.39, 0.29) is 22.2 Å². The van der Waals surface area contributed by atoms with E-state index in [9.17, 15) is 8.42 Å². The number of halogens is 2. The van der Waals surface area contributed by atoms with Crippen LogP contribution in [0, 0.1) is 0 Å². The molecule has 1 aromatic rings. The standard InChI is InChI=1S/C13H18Br2N2O3S/c1-13(2)7-9(3-4-20-13)17-21(18,19)12-10(15)5-8(14)6-11(12)16/h5-6,9,17H,3-4,7,16H2,1-2H3. The van der Waals surface area contributed by atoms with Gasteiger partial charge in [0.1, 0.15) is 4.90 Å². The van der Waals surface area contributed by atoms with Crippen molar-refractivity contribution in [1.82, 2.24) is 4.72 Å². The summed E-state index contributed by atoms with van der Waals surface area (Å²) in [5, 5.41) is 0. The van der Waals surface area contributed by atoms with Crippen molar-refractivity contribution in [2.24, 2.45) is 0 Å². The molecule has 0 saturated carbocycles. The zero-order valence-electron chi connectivity index (χ0n) is 11.8. The number of hydrogen-bond acceptors (Lipinski definition) is 4. The summed E-state index contributed by atoms with van der Waals surface area (Å²) in [4.78, 5) is 0.0787. The first kappa shape index (κ1) is 17.2. The van der Waals surface area contributed by atoms with Gasteiger partial charge in [0.05, 0.1) is 11.3 Å². The molecule has 118 valence electrons. The Balaban J connectivity index is 2.27. The van der Waals surface area contributed by atoms with Crippen molar-refractivity contribution < 1.29 is 13.2 Å². The maximum atomic E-state index is 12.6. The molecular weight excluding hydrogens is 424 g/mol. The summed E-state index contributed by atoms with van der Waals surface area (Å²) >= 11 is 6.55. The van der Waals surface area contributed by atoms with Gasteiger partial charge in [-0.05, 0) is 54.8 Å². The fraction of sp³-hybridized carbons (Fsp3) is 0.538. The highest BCUT2D eigenvalue weighted by Crippen LogP contribution is 2.32. The molecule has 5 nitrogen and oxygen atoms in total. The summed E-state index contributed by atoms with van der Waals surface area (Å²) in [7, 11) is -3.69. The van der Waals surface area contributed by atoms with Crippen molar-refractivity contribution in [2.45, 2.75) is 43.2 Å². The predicted molar refractivity (Wildman–Crippen MR) is 89.6 cm³/mol. The van der Waals surface area contributed by atoms with E-state index >= 15 is 0 Å². The Kier molecular flexibility index (Phi) is 5.04. The lowest BCUT2D eigenvalue weighted by Gasteiger charge is -2.35. The second kappa shape index (κ2) is 6.16.